The van der Waals surface area contributed by atoms with Crippen molar-refractivity contribution in [2.75, 3.05) is 0 Å². The molecule has 2 aromatic rings. The van der Waals surface area contributed by atoms with Crippen LogP contribution in [0.4, 0.5) is 0 Å². The summed E-state index contributed by atoms with van der Waals surface area (Å²) in [4.78, 5) is 11.3. The van der Waals surface area contributed by atoms with Gasteiger partial charge in [-0.2, -0.15) is 0 Å². The summed E-state index contributed by atoms with van der Waals surface area (Å²) >= 11 is 0. The van der Waals surface area contributed by atoms with Gasteiger partial charge in [-0.3, -0.25) is 0 Å². The van der Waals surface area contributed by atoms with Gasteiger partial charge in [-0.05, 0) is 50.0 Å². The number of fused-ring (bicyclic) bond motifs is 1. The lowest BCUT2D eigenvalue weighted by molar-refractivity contribution is -0.0982. The van der Waals surface area contributed by atoms with Crippen LogP contribution in [-0.2, 0) is 4.65 Å². The number of hydrogen-bond donors (Lipinski definition) is 3. The van der Waals surface area contributed by atoms with Gasteiger partial charge in [0.1, 0.15) is 0 Å². The molecule has 0 atom stereocenters. The van der Waals surface area contributed by atoms with Crippen LogP contribution in [0.5, 0.6) is 0 Å². The van der Waals surface area contributed by atoms with Crippen LogP contribution in [0.2, 0.25) is 0 Å². The highest BCUT2D eigenvalue weighted by Gasteiger charge is 2.40. The van der Waals surface area contributed by atoms with Crippen molar-refractivity contribution < 1.29 is 24.7 Å². The zero-order valence-corrected chi connectivity index (χ0v) is 13.7. The molecular weight excluding hydrogens is 295 g/mol. The Balaban J connectivity index is 2.49. The molecule has 0 radical (unpaired) electrons. The Hall–Kier alpha value is -1.89. The molecule has 0 amide bonds. The van der Waals surface area contributed by atoms with E-state index in [1.54, 1.807) is 52.0 Å². The van der Waals surface area contributed by atoms with Gasteiger partial charge in [-0.15, -0.1) is 0 Å². The summed E-state index contributed by atoms with van der Waals surface area (Å²) in [6, 6.07) is 9.93. The number of benzene rings is 2. The number of aliphatic hydroxyl groups is 1. The van der Waals surface area contributed by atoms with Crippen LogP contribution >= 0.6 is 0 Å². The summed E-state index contributed by atoms with van der Waals surface area (Å²) in [6.07, 6.45) is 0. The Bertz CT molecular complexity index is 733. The fraction of sp³-hybridized carbons (Fsp3) is 0.353. The van der Waals surface area contributed by atoms with E-state index in [0.717, 1.165) is 0 Å². The SMILES string of the molecule is CC(C)(O)C(C)(C)OB(O)c1ccc(C(=O)O)c2ccccc12. The highest BCUT2D eigenvalue weighted by Crippen LogP contribution is 2.26. The van der Waals surface area contributed by atoms with Crippen LogP contribution < -0.4 is 5.46 Å². The van der Waals surface area contributed by atoms with E-state index in [1.165, 1.54) is 12.1 Å². The largest absolute Gasteiger partial charge is 0.492 e. The second-order valence-corrected chi connectivity index (χ2v) is 6.59. The van der Waals surface area contributed by atoms with Crippen molar-refractivity contribution >= 4 is 29.3 Å². The first-order chi connectivity index (χ1) is 10.5. The molecule has 23 heavy (non-hydrogen) atoms. The molecule has 0 aliphatic heterocycles. The molecule has 6 heteroatoms. The lowest BCUT2D eigenvalue weighted by Crippen LogP contribution is -2.53. The molecule has 0 unspecified atom stereocenters. The van der Waals surface area contributed by atoms with Crippen molar-refractivity contribution in [2.24, 2.45) is 0 Å². The van der Waals surface area contributed by atoms with Crippen LogP contribution in [0.25, 0.3) is 10.8 Å². The van der Waals surface area contributed by atoms with Gasteiger partial charge in [-0.25, -0.2) is 4.79 Å². The minimum atomic E-state index is -1.29. The van der Waals surface area contributed by atoms with Gasteiger partial charge in [0.2, 0.25) is 0 Å². The Morgan fingerprint density at radius 3 is 2.13 bits per heavy atom. The number of carboxylic acids is 1. The molecule has 0 bridgehead atoms. The molecule has 2 aromatic carbocycles. The number of carbonyl (C=O) groups is 1. The summed E-state index contributed by atoms with van der Waals surface area (Å²) in [5.41, 5.74) is -1.54. The molecular formula is C17H21BO5. The first-order valence-corrected chi connectivity index (χ1v) is 7.38. The molecule has 5 nitrogen and oxygen atoms in total. The molecule has 0 spiro atoms. The van der Waals surface area contributed by atoms with Gasteiger partial charge in [0, 0.05) is 0 Å². The topological polar surface area (TPSA) is 87.0 Å². The van der Waals surface area contributed by atoms with E-state index in [9.17, 15) is 20.0 Å². The van der Waals surface area contributed by atoms with E-state index < -0.39 is 24.3 Å². The molecule has 0 aliphatic carbocycles. The van der Waals surface area contributed by atoms with E-state index in [1.807, 2.05) is 0 Å². The molecule has 2 rings (SSSR count). The van der Waals surface area contributed by atoms with Crippen LogP contribution in [-0.4, -0.2) is 39.5 Å². The number of aromatic carboxylic acids is 1. The summed E-state index contributed by atoms with van der Waals surface area (Å²) < 4.78 is 5.65. The maximum Gasteiger partial charge on any atom is 0.492 e. The van der Waals surface area contributed by atoms with Crippen LogP contribution in [0, 0.1) is 0 Å². The van der Waals surface area contributed by atoms with Gasteiger partial charge in [-0.1, -0.05) is 30.3 Å². The third kappa shape index (κ3) is 3.39. The van der Waals surface area contributed by atoms with Crippen molar-refractivity contribution in [3.63, 3.8) is 0 Å². The van der Waals surface area contributed by atoms with E-state index >= 15 is 0 Å². The Morgan fingerprint density at radius 2 is 1.61 bits per heavy atom. The van der Waals surface area contributed by atoms with Crippen molar-refractivity contribution in [3.8, 4) is 0 Å². The lowest BCUT2D eigenvalue weighted by Gasteiger charge is -2.38. The van der Waals surface area contributed by atoms with Crippen LogP contribution in [0.1, 0.15) is 38.1 Å². The Morgan fingerprint density at radius 1 is 1.04 bits per heavy atom. The van der Waals surface area contributed by atoms with Gasteiger partial charge in [0.15, 0.2) is 0 Å². The van der Waals surface area contributed by atoms with E-state index in [-0.39, 0.29) is 5.56 Å². The second kappa shape index (κ2) is 5.96. The van der Waals surface area contributed by atoms with Gasteiger partial charge in [0.25, 0.3) is 0 Å². The zero-order valence-electron chi connectivity index (χ0n) is 13.7. The molecule has 122 valence electrons. The predicted octanol–water partition coefficient (Wildman–Crippen LogP) is 1.79. The molecule has 0 aliphatic rings. The van der Waals surface area contributed by atoms with Crippen LogP contribution in [0.3, 0.4) is 0 Å². The first kappa shape index (κ1) is 17.5. The standard InChI is InChI=1S/C17H21BO5/c1-16(2,21)17(3,4)23-18(22)14-10-9-13(15(19)20)11-7-5-6-8-12(11)14/h5-10,21-22H,1-4H3,(H,19,20). The maximum atomic E-state index is 11.3. The monoisotopic (exact) mass is 316 g/mol. The minimum absolute atomic E-state index is 0.165. The van der Waals surface area contributed by atoms with Gasteiger partial charge >= 0.3 is 13.1 Å². The zero-order chi connectivity index (χ0) is 17.4. The smallest absolute Gasteiger partial charge is 0.478 e. The van der Waals surface area contributed by atoms with Crippen LogP contribution in [0.15, 0.2) is 36.4 Å². The molecule has 0 aromatic heterocycles. The molecule has 0 saturated carbocycles. The van der Waals surface area contributed by atoms with Gasteiger partial charge in [0.05, 0.1) is 16.8 Å². The first-order valence-electron chi connectivity index (χ1n) is 7.38. The molecule has 3 N–H and O–H groups in total. The molecule has 0 saturated heterocycles. The summed E-state index contributed by atoms with van der Waals surface area (Å²) in [7, 11) is -1.29. The third-order valence-corrected chi connectivity index (χ3v) is 4.33. The third-order valence-electron chi connectivity index (χ3n) is 4.33. The summed E-state index contributed by atoms with van der Waals surface area (Å²) in [5.74, 6) is -1.03. The quantitative estimate of drug-likeness (QED) is 0.732. The fourth-order valence-electron chi connectivity index (χ4n) is 2.21. The minimum Gasteiger partial charge on any atom is -0.478 e. The fourth-order valence-corrected chi connectivity index (χ4v) is 2.21. The predicted molar refractivity (Wildman–Crippen MR) is 90.0 cm³/mol. The number of hydrogen-bond acceptors (Lipinski definition) is 4. The number of rotatable bonds is 5. The average molecular weight is 316 g/mol. The van der Waals surface area contributed by atoms with Crippen molar-refractivity contribution in [1.29, 1.82) is 0 Å². The Labute approximate surface area is 135 Å². The van der Waals surface area contributed by atoms with Crippen molar-refractivity contribution in [2.45, 2.75) is 38.9 Å². The Kier molecular flexibility index (Phi) is 4.53. The summed E-state index contributed by atoms with van der Waals surface area (Å²) in [5, 5.41) is 31.0. The highest BCUT2D eigenvalue weighted by molar-refractivity contribution is 6.63. The van der Waals surface area contributed by atoms with E-state index in [0.29, 0.717) is 16.2 Å². The molecule has 0 fully saturated rings. The normalized spacial score (nSPS) is 12.4. The lowest BCUT2D eigenvalue weighted by atomic mass is 9.73. The second-order valence-electron chi connectivity index (χ2n) is 6.59. The number of carboxylic acid groups (broad SMARTS) is 1. The maximum absolute atomic E-state index is 11.3. The van der Waals surface area contributed by atoms with Crippen molar-refractivity contribution in [3.05, 3.63) is 42.0 Å². The average Bonchev–Trinajstić information content (AvgIpc) is 2.44. The molecule has 0 heterocycles. The summed E-state index contributed by atoms with van der Waals surface area (Å²) in [6.45, 7) is 6.57. The van der Waals surface area contributed by atoms with Crippen molar-refractivity contribution in [1.82, 2.24) is 0 Å². The van der Waals surface area contributed by atoms with E-state index in [2.05, 4.69) is 0 Å². The van der Waals surface area contributed by atoms with E-state index in [4.69, 9.17) is 4.65 Å². The highest BCUT2D eigenvalue weighted by atomic mass is 16.5. The van der Waals surface area contributed by atoms with Gasteiger partial charge < -0.3 is 19.9 Å².